The summed E-state index contributed by atoms with van der Waals surface area (Å²) in [6.45, 7) is 5.75. The maximum absolute atomic E-state index is 11.5. The highest BCUT2D eigenvalue weighted by Gasteiger charge is 2.20. The summed E-state index contributed by atoms with van der Waals surface area (Å²) in [5.74, 6) is 0. The van der Waals surface area contributed by atoms with E-state index in [1.165, 1.54) is 0 Å². The van der Waals surface area contributed by atoms with E-state index in [0.29, 0.717) is 0 Å². The van der Waals surface area contributed by atoms with Crippen molar-refractivity contribution in [1.82, 2.24) is 0 Å². The standard InChI is InChI=1S/C12H17NO2/c1-4-12(2,3)15-11(14)13-10-8-6-5-7-9-10/h5-9H,4H2,1-3H3,(H,13,14). The third kappa shape index (κ3) is 4.02. The molecule has 1 aromatic rings. The van der Waals surface area contributed by atoms with E-state index in [-0.39, 0.29) is 0 Å². The SMILES string of the molecule is CCC(C)(C)OC(=O)Nc1ccccc1. The first-order chi connectivity index (χ1) is 7.03. The lowest BCUT2D eigenvalue weighted by molar-refractivity contribution is 0.0462. The summed E-state index contributed by atoms with van der Waals surface area (Å²) >= 11 is 0. The summed E-state index contributed by atoms with van der Waals surface area (Å²) in [4.78, 5) is 11.5. The highest BCUT2D eigenvalue weighted by molar-refractivity contribution is 5.84. The first-order valence-electron chi connectivity index (χ1n) is 5.08. The molecule has 0 spiro atoms. The Kier molecular flexibility index (Phi) is 3.72. The summed E-state index contributed by atoms with van der Waals surface area (Å²) in [7, 11) is 0. The van der Waals surface area contributed by atoms with E-state index in [2.05, 4.69) is 5.32 Å². The predicted molar refractivity (Wildman–Crippen MR) is 60.9 cm³/mol. The first-order valence-corrected chi connectivity index (χ1v) is 5.08. The Bertz CT molecular complexity index is 320. The van der Waals surface area contributed by atoms with Crippen molar-refractivity contribution in [1.29, 1.82) is 0 Å². The number of ether oxygens (including phenoxy) is 1. The second kappa shape index (κ2) is 4.82. The molecule has 1 aromatic carbocycles. The highest BCUT2D eigenvalue weighted by Crippen LogP contribution is 2.15. The van der Waals surface area contributed by atoms with Gasteiger partial charge in [-0.25, -0.2) is 4.79 Å². The van der Waals surface area contributed by atoms with E-state index in [0.717, 1.165) is 12.1 Å². The van der Waals surface area contributed by atoms with Gasteiger partial charge in [-0.15, -0.1) is 0 Å². The largest absolute Gasteiger partial charge is 0.443 e. The van der Waals surface area contributed by atoms with Crippen LogP contribution in [0.15, 0.2) is 30.3 Å². The summed E-state index contributed by atoms with van der Waals surface area (Å²) < 4.78 is 5.24. The molecule has 0 heterocycles. The van der Waals surface area contributed by atoms with Gasteiger partial charge in [-0.05, 0) is 32.4 Å². The molecule has 82 valence electrons. The lowest BCUT2D eigenvalue weighted by Crippen LogP contribution is -2.29. The summed E-state index contributed by atoms with van der Waals surface area (Å²) in [6, 6.07) is 9.26. The number of nitrogens with one attached hydrogen (secondary N) is 1. The van der Waals surface area contributed by atoms with Gasteiger partial charge in [0.05, 0.1) is 0 Å². The number of hydrogen-bond donors (Lipinski definition) is 1. The first kappa shape index (κ1) is 11.6. The van der Waals surface area contributed by atoms with Gasteiger partial charge >= 0.3 is 6.09 Å². The molecule has 0 saturated heterocycles. The molecule has 0 aliphatic carbocycles. The molecule has 0 atom stereocenters. The minimum Gasteiger partial charge on any atom is -0.443 e. The lowest BCUT2D eigenvalue weighted by atomic mass is 10.1. The van der Waals surface area contributed by atoms with Crippen LogP contribution in [-0.4, -0.2) is 11.7 Å². The highest BCUT2D eigenvalue weighted by atomic mass is 16.6. The van der Waals surface area contributed by atoms with Crippen molar-refractivity contribution in [3.05, 3.63) is 30.3 Å². The Labute approximate surface area is 90.4 Å². The van der Waals surface area contributed by atoms with Gasteiger partial charge < -0.3 is 4.74 Å². The van der Waals surface area contributed by atoms with E-state index in [1.807, 2.05) is 51.1 Å². The minimum absolute atomic E-state index is 0.409. The molecule has 3 heteroatoms. The van der Waals surface area contributed by atoms with Crippen molar-refractivity contribution in [2.75, 3.05) is 5.32 Å². The van der Waals surface area contributed by atoms with Gasteiger partial charge in [-0.3, -0.25) is 5.32 Å². The smallest absolute Gasteiger partial charge is 0.412 e. The van der Waals surface area contributed by atoms with Crippen LogP contribution >= 0.6 is 0 Å². The average molecular weight is 207 g/mol. The zero-order chi connectivity index (χ0) is 11.3. The third-order valence-electron chi connectivity index (χ3n) is 2.24. The van der Waals surface area contributed by atoms with E-state index >= 15 is 0 Å². The number of rotatable bonds is 3. The van der Waals surface area contributed by atoms with Crippen LogP contribution in [0, 0.1) is 0 Å². The fourth-order valence-corrected chi connectivity index (χ4v) is 0.988. The number of benzene rings is 1. The van der Waals surface area contributed by atoms with Gasteiger partial charge in [0.25, 0.3) is 0 Å². The zero-order valence-corrected chi connectivity index (χ0v) is 9.41. The van der Waals surface area contributed by atoms with E-state index in [9.17, 15) is 4.79 Å². The molecular weight excluding hydrogens is 190 g/mol. The van der Waals surface area contributed by atoms with Crippen molar-refractivity contribution in [2.45, 2.75) is 32.8 Å². The third-order valence-corrected chi connectivity index (χ3v) is 2.24. The molecule has 3 nitrogen and oxygen atoms in total. The van der Waals surface area contributed by atoms with Crippen LogP contribution < -0.4 is 5.32 Å². The molecule has 0 aliphatic rings. The van der Waals surface area contributed by atoms with Crippen molar-refractivity contribution in [3.8, 4) is 0 Å². The van der Waals surface area contributed by atoms with E-state index in [4.69, 9.17) is 4.74 Å². The van der Waals surface area contributed by atoms with Crippen molar-refractivity contribution in [3.63, 3.8) is 0 Å². The second-order valence-corrected chi connectivity index (χ2v) is 3.99. The second-order valence-electron chi connectivity index (χ2n) is 3.99. The number of carbonyl (C=O) groups is 1. The molecule has 1 N–H and O–H groups in total. The van der Waals surface area contributed by atoms with Gasteiger partial charge in [-0.2, -0.15) is 0 Å². The zero-order valence-electron chi connectivity index (χ0n) is 9.41. The van der Waals surface area contributed by atoms with Crippen LogP contribution in [0.25, 0.3) is 0 Å². The molecule has 0 unspecified atom stereocenters. The predicted octanol–water partition coefficient (Wildman–Crippen LogP) is 3.42. The van der Waals surface area contributed by atoms with Crippen molar-refractivity contribution < 1.29 is 9.53 Å². The van der Waals surface area contributed by atoms with Crippen LogP contribution in [0.3, 0.4) is 0 Å². The number of carbonyl (C=O) groups excluding carboxylic acids is 1. The van der Waals surface area contributed by atoms with Crippen LogP contribution in [0.5, 0.6) is 0 Å². The molecule has 1 rings (SSSR count). The maximum Gasteiger partial charge on any atom is 0.412 e. The molecule has 0 bridgehead atoms. The maximum atomic E-state index is 11.5. The summed E-state index contributed by atoms with van der Waals surface area (Å²) in [5.41, 5.74) is 0.327. The minimum atomic E-state index is -0.418. The molecule has 15 heavy (non-hydrogen) atoms. The van der Waals surface area contributed by atoms with Crippen molar-refractivity contribution >= 4 is 11.8 Å². The van der Waals surface area contributed by atoms with Gasteiger partial charge in [0.15, 0.2) is 0 Å². The van der Waals surface area contributed by atoms with Crippen molar-refractivity contribution in [2.24, 2.45) is 0 Å². The number of anilines is 1. The Balaban J connectivity index is 2.51. The fraction of sp³-hybridized carbons (Fsp3) is 0.417. The molecular formula is C12H17NO2. The Hall–Kier alpha value is -1.51. The van der Waals surface area contributed by atoms with Gasteiger partial charge in [0, 0.05) is 5.69 Å². The van der Waals surface area contributed by atoms with Gasteiger partial charge in [0.2, 0.25) is 0 Å². The number of amides is 1. The molecule has 0 aliphatic heterocycles. The fourth-order valence-electron chi connectivity index (χ4n) is 0.988. The molecule has 0 fully saturated rings. The topological polar surface area (TPSA) is 38.3 Å². The van der Waals surface area contributed by atoms with E-state index in [1.54, 1.807) is 0 Å². The summed E-state index contributed by atoms with van der Waals surface area (Å²) in [6.07, 6.45) is 0.378. The lowest BCUT2D eigenvalue weighted by Gasteiger charge is -2.23. The van der Waals surface area contributed by atoms with Crippen LogP contribution in [0.2, 0.25) is 0 Å². The molecule has 0 aromatic heterocycles. The molecule has 1 amide bonds. The number of hydrogen-bond acceptors (Lipinski definition) is 2. The van der Waals surface area contributed by atoms with Crippen LogP contribution in [0.4, 0.5) is 10.5 Å². The monoisotopic (exact) mass is 207 g/mol. The molecule has 0 saturated carbocycles. The van der Waals surface area contributed by atoms with E-state index < -0.39 is 11.7 Å². The van der Waals surface area contributed by atoms with Crippen LogP contribution in [0.1, 0.15) is 27.2 Å². The average Bonchev–Trinajstić information content (AvgIpc) is 2.18. The van der Waals surface area contributed by atoms with Crippen LogP contribution in [-0.2, 0) is 4.74 Å². The molecule has 0 radical (unpaired) electrons. The normalized spacial score (nSPS) is 10.9. The Morgan fingerprint density at radius 2 is 1.93 bits per heavy atom. The van der Waals surface area contributed by atoms with Gasteiger partial charge in [0.1, 0.15) is 5.60 Å². The Morgan fingerprint density at radius 3 is 2.47 bits per heavy atom. The number of para-hydroxylation sites is 1. The summed E-state index contributed by atoms with van der Waals surface area (Å²) in [5, 5.41) is 2.67. The van der Waals surface area contributed by atoms with Gasteiger partial charge in [-0.1, -0.05) is 25.1 Å². The Morgan fingerprint density at radius 1 is 1.33 bits per heavy atom. The quantitative estimate of drug-likeness (QED) is 0.824.